The van der Waals surface area contributed by atoms with Crippen LogP contribution in [0.3, 0.4) is 0 Å². The number of rotatable bonds is 3. The van der Waals surface area contributed by atoms with Gasteiger partial charge in [-0.1, -0.05) is 19.1 Å². The van der Waals surface area contributed by atoms with E-state index in [1.165, 1.54) is 0 Å². The molecular formula is C7H14N4O. The van der Waals surface area contributed by atoms with Crippen molar-refractivity contribution in [3.8, 4) is 0 Å². The van der Waals surface area contributed by atoms with Gasteiger partial charge in [-0.2, -0.15) is 0 Å². The summed E-state index contributed by atoms with van der Waals surface area (Å²) in [6.45, 7) is 4.64. The monoisotopic (exact) mass is 170 g/mol. The van der Waals surface area contributed by atoms with Crippen LogP contribution in [0.4, 0.5) is 5.82 Å². The second-order valence-electron chi connectivity index (χ2n) is 3.66. The van der Waals surface area contributed by atoms with E-state index in [2.05, 4.69) is 10.3 Å². The van der Waals surface area contributed by atoms with Crippen LogP contribution >= 0.6 is 0 Å². The molecule has 0 bridgehead atoms. The number of aliphatic hydroxyl groups excluding tert-OH is 1. The van der Waals surface area contributed by atoms with Crippen molar-refractivity contribution >= 4 is 5.82 Å². The van der Waals surface area contributed by atoms with Gasteiger partial charge in [0.25, 0.3) is 0 Å². The van der Waals surface area contributed by atoms with Crippen LogP contribution in [-0.4, -0.2) is 26.7 Å². The van der Waals surface area contributed by atoms with Gasteiger partial charge >= 0.3 is 0 Å². The zero-order valence-electron chi connectivity index (χ0n) is 7.36. The third kappa shape index (κ3) is 2.20. The summed E-state index contributed by atoms with van der Waals surface area (Å²) in [6, 6.07) is 0. The first kappa shape index (κ1) is 8.99. The lowest BCUT2D eigenvalue weighted by atomic mass is 9.95. The number of aliphatic hydroxyl groups is 1. The Labute approximate surface area is 71.2 Å². The molecule has 1 heterocycles. The second kappa shape index (κ2) is 3.10. The molecule has 0 spiro atoms. The van der Waals surface area contributed by atoms with Gasteiger partial charge in [-0.15, -0.1) is 5.10 Å². The number of anilines is 1. The van der Waals surface area contributed by atoms with E-state index in [4.69, 9.17) is 10.8 Å². The Morgan fingerprint density at radius 1 is 1.67 bits per heavy atom. The molecular weight excluding hydrogens is 156 g/mol. The van der Waals surface area contributed by atoms with Gasteiger partial charge in [0.1, 0.15) is 0 Å². The van der Waals surface area contributed by atoms with Gasteiger partial charge in [-0.25, -0.2) is 4.68 Å². The van der Waals surface area contributed by atoms with Gasteiger partial charge in [-0.05, 0) is 0 Å². The van der Waals surface area contributed by atoms with Crippen LogP contribution in [0, 0.1) is 5.41 Å². The summed E-state index contributed by atoms with van der Waals surface area (Å²) in [7, 11) is 0. The Morgan fingerprint density at radius 2 is 2.33 bits per heavy atom. The third-order valence-electron chi connectivity index (χ3n) is 1.57. The average Bonchev–Trinajstić information content (AvgIpc) is 2.35. The molecule has 0 atom stereocenters. The van der Waals surface area contributed by atoms with E-state index in [-0.39, 0.29) is 12.0 Å². The summed E-state index contributed by atoms with van der Waals surface area (Å²) in [5.74, 6) is 0.406. The molecule has 1 rings (SSSR count). The quantitative estimate of drug-likeness (QED) is 0.663. The minimum Gasteiger partial charge on any atom is -0.396 e. The van der Waals surface area contributed by atoms with Crippen molar-refractivity contribution in [2.75, 3.05) is 12.3 Å². The van der Waals surface area contributed by atoms with Crippen LogP contribution in [0.1, 0.15) is 13.8 Å². The van der Waals surface area contributed by atoms with E-state index < -0.39 is 0 Å². The van der Waals surface area contributed by atoms with Gasteiger partial charge in [-0.3, -0.25) is 0 Å². The van der Waals surface area contributed by atoms with Crippen molar-refractivity contribution in [1.82, 2.24) is 15.0 Å². The summed E-state index contributed by atoms with van der Waals surface area (Å²) in [4.78, 5) is 0. The van der Waals surface area contributed by atoms with Crippen molar-refractivity contribution in [1.29, 1.82) is 0 Å². The van der Waals surface area contributed by atoms with Crippen molar-refractivity contribution in [3.63, 3.8) is 0 Å². The van der Waals surface area contributed by atoms with Crippen LogP contribution in [0.5, 0.6) is 0 Å². The maximum Gasteiger partial charge on any atom is 0.165 e. The lowest BCUT2D eigenvalue weighted by Crippen LogP contribution is -2.24. The molecule has 1 aromatic rings. The second-order valence-corrected chi connectivity index (χ2v) is 3.66. The number of hydrogen-bond donors (Lipinski definition) is 2. The Morgan fingerprint density at radius 3 is 2.75 bits per heavy atom. The van der Waals surface area contributed by atoms with Crippen LogP contribution in [-0.2, 0) is 6.54 Å². The van der Waals surface area contributed by atoms with Crippen molar-refractivity contribution < 1.29 is 5.11 Å². The Balaban J connectivity index is 2.63. The predicted molar refractivity (Wildman–Crippen MR) is 45.3 cm³/mol. The van der Waals surface area contributed by atoms with Crippen LogP contribution in [0.25, 0.3) is 0 Å². The highest BCUT2D eigenvalue weighted by atomic mass is 16.3. The maximum absolute atomic E-state index is 8.97. The molecule has 0 radical (unpaired) electrons. The van der Waals surface area contributed by atoms with E-state index in [9.17, 15) is 0 Å². The Kier molecular flexibility index (Phi) is 2.32. The highest BCUT2D eigenvalue weighted by molar-refractivity contribution is 5.19. The fraction of sp³-hybridized carbons (Fsp3) is 0.714. The molecule has 0 aliphatic carbocycles. The number of nitrogens with two attached hydrogens (primary N) is 1. The molecule has 0 aliphatic heterocycles. The van der Waals surface area contributed by atoms with Crippen LogP contribution < -0.4 is 5.73 Å². The maximum atomic E-state index is 8.97. The minimum atomic E-state index is -0.180. The molecule has 0 unspecified atom stereocenters. The molecule has 0 aromatic carbocycles. The molecule has 0 saturated carbocycles. The van der Waals surface area contributed by atoms with E-state index in [0.29, 0.717) is 12.4 Å². The first-order valence-electron chi connectivity index (χ1n) is 3.80. The molecule has 0 aliphatic rings. The van der Waals surface area contributed by atoms with Gasteiger partial charge in [0, 0.05) is 12.0 Å². The van der Waals surface area contributed by atoms with E-state index >= 15 is 0 Å². The summed E-state index contributed by atoms with van der Waals surface area (Å²) < 4.78 is 1.63. The first-order chi connectivity index (χ1) is 5.53. The summed E-state index contributed by atoms with van der Waals surface area (Å²) in [5.41, 5.74) is 5.20. The van der Waals surface area contributed by atoms with Crippen LogP contribution in [0.15, 0.2) is 6.20 Å². The Bertz CT molecular complexity index is 256. The molecule has 0 saturated heterocycles. The zero-order valence-corrected chi connectivity index (χ0v) is 7.36. The molecule has 68 valence electrons. The summed E-state index contributed by atoms with van der Waals surface area (Å²) in [5, 5.41) is 16.4. The molecule has 1 aromatic heterocycles. The van der Waals surface area contributed by atoms with Crippen molar-refractivity contribution in [3.05, 3.63) is 6.20 Å². The topological polar surface area (TPSA) is 77.0 Å². The highest BCUT2D eigenvalue weighted by Gasteiger charge is 2.17. The predicted octanol–water partition coefficient (Wildman–Crippen LogP) is -0.121. The molecule has 12 heavy (non-hydrogen) atoms. The van der Waals surface area contributed by atoms with Crippen molar-refractivity contribution in [2.24, 2.45) is 5.41 Å². The molecule has 0 amide bonds. The Hall–Kier alpha value is -1.10. The van der Waals surface area contributed by atoms with Gasteiger partial charge in [0.15, 0.2) is 5.82 Å². The SMILES string of the molecule is CC(C)(CO)Cn1cc(N)nn1. The van der Waals surface area contributed by atoms with E-state index in [1.54, 1.807) is 10.9 Å². The van der Waals surface area contributed by atoms with E-state index in [0.717, 1.165) is 0 Å². The van der Waals surface area contributed by atoms with Gasteiger partial charge in [0.2, 0.25) is 0 Å². The average molecular weight is 170 g/mol. The van der Waals surface area contributed by atoms with Gasteiger partial charge in [0.05, 0.1) is 12.7 Å². The third-order valence-corrected chi connectivity index (χ3v) is 1.57. The first-order valence-corrected chi connectivity index (χ1v) is 3.80. The van der Waals surface area contributed by atoms with Crippen molar-refractivity contribution in [2.45, 2.75) is 20.4 Å². The normalized spacial score (nSPS) is 11.9. The summed E-state index contributed by atoms with van der Waals surface area (Å²) in [6.07, 6.45) is 1.65. The fourth-order valence-electron chi connectivity index (χ4n) is 0.879. The smallest absolute Gasteiger partial charge is 0.165 e. The number of nitrogen functional groups attached to an aromatic ring is 1. The molecule has 0 fully saturated rings. The van der Waals surface area contributed by atoms with Crippen LogP contribution in [0.2, 0.25) is 0 Å². The lowest BCUT2D eigenvalue weighted by molar-refractivity contribution is 0.136. The standard InChI is InChI=1S/C7H14N4O/c1-7(2,5-12)4-11-3-6(8)9-10-11/h3,12H,4-5,8H2,1-2H3. The number of hydrogen-bond acceptors (Lipinski definition) is 4. The summed E-state index contributed by atoms with van der Waals surface area (Å²) >= 11 is 0. The molecule has 5 nitrogen and oxygen atoms in total. The zero-order chi connectivity index (χ0) is 9.19. The number of nitrogens with zero attached hydrogens (tertiary/aromatic N) is 3. The van der Waals surface area contributed by atoms with Gasteiger partial charge < -0.3 is 10.8 Å². The highest BCUT2D eigenvalue weighted by Crippen LogP contribution is 2.15. The minimum absolute atomic E-state index is 0.118. The number of aromatic nitrogens is 3. The molecule has 5 heteroatoms. The van der Waals surface area contributed by atoms with E-state index in [1.807, 2.05) is 13.8 Å². The lowest BCUT2D eigenvalue weighted by Gasteiger charge is -2.20. The molecule has 3 N–H and O–H groups in total. The fourth-order valence-corrected chi connectivity index (χ4v) is 0.879. The largest absolute Gasteiger partial charge is 0.396 e.